The molecule has 0 atom stereocenters. The van der Waals surface area contributed by atoms with Gasteiger partial charge < -0.3 is 29.5 Å². The van der Waals surface area contributed by atoms with Gasteiger partial charge in [0.15, 0.2) is 13.2 Å². The molecule has 0 bridgehead atoms. The SMILES string of the molecule is C/C=c1/ncnc(Nc2ccc(OC3=CCN(C)C=C3)c(C)c2)/c1=C1\OCC2=[N+](CCN(C(=O)/C=C/CN(C)C)C2)\C1=C/CC.C=CC.CCC. The third-order valence-electron chi connectivity index (χ3n) is 7.81. The minimum Gasteiger partial charge on any atom is -0.475 e. The first kappa shape index (κ1) is 40.5. The van der Waals surface area contributed by atoms with Crippen molar-refractivity contribution >= 4 is 35.0 Å². The van der Waals surface area contributed by atoms with Crippen LogP contribution in [-0.4, -0.2) is 101 Å². The maximum absolute atomic E-state index is 12.9. The fraction of sp³-hybridized carbons (Fsp3) is 0.415. The number of likely N-dealkylation sites (N-methyl/N-ethyl adjacent to an activating group) is 2. The van der Waals surface area contributed by atoms with Crippen molar-refractivity contribution in [2.75, 3.05) is 65.8 Å². The molecule has 10 heteroatoms. The Bertz CT molecular complexity index is 1790. The largest absolute Gasteiger partial charge is 0.475 e. The Kier molecular flexibility index (Phi) is 16.4. The molecule has 1 amide bonds. The molecule has 274 valence electrons. The number of carbonyl (C=O) groups excluding carboxylic acids is 1. The molecule has 10 nitrogen and oxygen atoms in total. The first-order chi connectivity index (χ1) is 24.6. The molecule has 1 aromatic carbocycles. The number of rotatable bonds is 8. The molecule has 0 saturated carbocycles. The van der Waals surface area contributed by atoms with Gasteiger partial charge in [0.1, 0.15) is 30.2 Å². The summed E-state index contributed by atoms with van der Waals surface area (Å²) >= 11 is 0. The van der Waals surface area contributed by atoms with E-state index in [0.29, 0.717) is 32.1 Å². The van der Waals surface area contributed by atoms with E-state index in [9.17, 15) is 4.79 Å². The highest BCUT2D eigenvalue weighted by Crippen LogP contribution is 2.27. The zero-order valence-electron chi connectivity index (χ0n) is 32.2. The summed E-state index contributed by atoms with van der Waals surface area (Å²) in [4.78, 5) is 28.2. The van der Waals surface area contributed by atoms with E-state index >= 15 is 0 Å². The predicted octanol–water partition coefficient (Wildman–Crippen LogP) is 5.51. The molecule has 1 aromatic heterocycles. The molecule has 5 rings (SSSR count). The van der Waals surface area contributed by atoms with Crippen LogP contribution in [0.4, 0.5) is 11.5 Å². The van der Waals surface area contributed by atoms with E-state index < -0.39 is 0 Å². The zero-order chi connectivity index (χ0) is 37.3. The van der Waals surface area contributed by atoms with Crippen LogP contribution in [0.15, 0.2) is 85.2 Å². The number of nitrogens with one attached hydrogen (secondary N) is 1. The van der Waals surface area contributed by atoms with Crippen LogP contribution >= 0.6 is 0 Å². The van der Waals surface area contributed by atoms with Gasteiger partial charge in [-0.3, -0.25) is 4.79 Å². The van der Waals surface area contributed by atoms with Crippen molar-refractivity contribution in [2.45, 2.75) is 54.4 Å². The summed E-state index contributed by atoms with van der Waals surface area (Å²) in [6.07, 6.45) is 19.2. The van der Waals surface area contributed by atoms with Crippen LogP contribution < -0.4 is 20.6 Å². The first-order valence-electron chi connectivity index (χ1n) is 17.9. The van der Waals surface area contributed by atoms with Crippen molar-refractivity contribution in [2.24, 2.45) is 0 Å². The lowest BCUT2D eigenvalue weighted by Gasteiger charge is -2.30. The molecule has 4 heterocycles. The predicted molar refractivity (Wildman–Crippen MR) is 210 cm³/mol. The van der Waals surface area contributed by atoms with Gasteiger partial charge in [-0.05, 0) is 83.3 Å². The lowest BCUT2D eigenvalue weighted by Crippen LogP contribution is -2.51. The normalized spacial score (nSPS) is 17.6. The molecule has 3 aliphatic rings. The molecule has 2 aromatic rings. The molecule has 0 saturated heterocycles. The Morgan fingerprint density at radius 3 is 2.57 bits per heavy atom. The van der Waals surface area contributed by atoms with Crippen LogP contribution in [0.1, 0.15) is 53.0 Å². The van der Waals surface area contributed by atoms with Crippen LogP contribution in [0.5, 0.6) is 5.75 Å². The maximum atomic E-state index is 12.9. The molecule has 3 aliphatic heterocycles. The standard InChI is InChI=1S/C35H44N7O3.C3H8.C3H6/c1-7-10-30-34(44-23-27-22-41(19-20-42(27)30)32(43)11-9-16-39(4)5)33-29(8-2)36-24-37-35(33)38-26-12-13-31(25(3)21-26)45-28-14-17-40(6)18-15-28;2*1-3-2/h8-15,17,21,24H,7,16,18-20,22-23H2,1-6H3,(H,36,37,38);3H2,1-2H3;3H,1H2,2H3/q+1;;/b11-9+,29-8+,30-10-,34-33-;;. The molecular weight excluding hydrogens is 638 g/mol. The van der Waals surface area contributed by atoms with Crippen molar-refractivity contribution in [3.63, 3.8) is 0 Å². The van der Waals surface area contributed by atoms with Gasteiger partial charge >= 0.3 is 0 Å². The minimum absolute atomic E-state index is 0.0249. The molecule has 0 radical (unpaired) electrons. The number of hydrogen-bond acceptors (Lipinski definition) is 8. The molecule has 0 fully saturated rings. The van der Waals surface area contributed by atoms with Gasteiger partial charge in [-0.2, -0.15) is 4.58 Å². The topological polar surface area (TPSA) is 86.1 Å². The zero-order valence-corrected chi connectivity index (χ0v) is 32.2. The van der Waals surface area contributed by atoms with Gasteiger partial charge in [-0.25, -0.2) is 9.97 Å². The van der Waals surface area contributed by atoms with Crippen LogP contribution in [0.3, 0.4) is 0 Å². The number of anilines is 2. The number of benzene rings is 1. The monoisotopic (exact) mass is 696 g/mol. The summed E-state index contributed by atoms with van der Waals surface area (Å²) < 4.78 is 15.0. The van der Waals surface area contributed by atoms with E-state index in [-0.39, 0.29) is 5.91 Å². The summed E-state index contributed by atoms with van der Waals surface area (Å²) in [5, 5.41) is 5.12. The van der Waals surface area contributed by atoms with Crippen LogP contribution in [0.25, 0.3) is 11.8 Å². The quantitative estimate of drug-likeness (QED) is 0.220. The van der Waals surface area contributed by atoms with Crippen LogP contribution in [0.2, 0.25) is 0 Å². The number of nitrogens with zero attached hydrogens (tertiary/aromatic N) is 6. The number of allylic oxidation sites excluding steroid dienone is 3. The second-order valence-electron chi connectivity index (χ2n) is 12.7. The fourth-order valence-electron chi connectivity index (χ4n) is 5.47. The number of aryl methyl sites for hydroxylation is 1. The molecule has 1 N–H and O–H groups in total. The van der Waals surface area contributed by atoms with Gasteiger partial charge in [-0.15, -0.1) is 6.58 Å². The number of hydrogen-bond donors (Lipinski definition) is 1. The van der Waals surface area contributed by atoms with Crippen molar-refractivity contribution < 1.29 is 18.8 Å². The van der Waals surface area contributed by atoms with E-state index in [0.717, 1.165) is 70.0 Å². The molecule has 51 heavy (non-hydrogen) atoms. The van der Waals surface area contributed by atoms with Gasteiger partial charge in [0, 0.05) is 38.1 Å². The van der Waals surface area contributed by atoms with E-state index in [2.05, 4.69) is 70.3 Å². The highest BCUT2D eigenvalue weighted by molar-refractivity contribution is 5.94. The van der Waals surface area contributed by atoms with Gasteiger partial charge in [0.2, 0.25) is 23.1 Å². The van der Waals surface area contributed by atoms with Crippen LogP contribution in [0, 0.1) is 6.92 Å². The third kappa shape index (κ3) is 11.5. The summed E-state index contributed by atoms with van der Waals surface area (Å²) in [5.74, 6) is 3.06. The molecule has 0 aliphatic carbocycles. The molecule has 0 spiro atoms. The summed E-state index contributed by atoms with van der Waals surface area (Å²) in [6, 6.07) is 6.02. The van der Waals surface area contributed by atoms with Gasteiger partial charge in [0.25, 0.3) is 0 Å². The van der Waals surface area contributed by atoms with Crippen molar-refractivity contribution in [1.29, 1.82) is 0 Å². The first-order valence-corrected chi connectivity index (χ1v) is 17.9. The van der Waals surface area contributed by atoms with E-state index in [4.69, 9.17) is 9.47 Å². The van der Waals surface area contributed by atoms with Crippen molar-refractivity contribution in [1.82, 2.24) is 24.7 Å². The highest BCUT2D eigenvalue weighted by atomic mass is 16.5. The molecular formula is C41H58N7O3+. The number of ether oxygens (including phenoxy) is 2. The maximum Gasteiger partial charge on any atom is 0.247 e. The van der Waals surface area contributed by atoms with Gasteiger partial charge in [0.05, 0.1) is 17.1 Å². The third-order valence-corrected chi connectivity index (χ3v) is 7.81. The van der Waals surface area contributed by atoms with E-state index in [1.165, 1.54) is 6.42 Å². The lowest BCUT2D eigenvalue weighted by atomic mass is 10.1. The Morgan fingerprint density at radius 2 is 1.94 bits per heavy atom. The fourth-order valence-corrected chi connectivity index (χ4v) is 5.47. The van der Waals surface area contributed by atoms with E-state index in [1.54, 1.807) is 18.5 Å². The second kappa shape index (κ2) is 20.7. The van der Waals surface area contributed by atoms with E-state index in [1.807, 2.05) is 88.3 Å². The average Bonchev–Trinajstić information content (AvgIpc) is 3.11. The van der Waals surface area contributed by atoms with Crippen molar-refractivity contribution in [3.8, 4) is 5.75 Å². The summed E-state index contributed by atoms with van der Waals surface area (Å²) in [6.45, 7) is 19.4. The Labute approximate surface area is 305 Å². The number of amides is 1. The highest BCUT2D eigenvalue weighted by Gasteiger charge is 2.37. The summed E-state index contributed by atoms with van der Waals surface area (Å²) in [7, 11) is 6.00. The smallest absolute Gasteiger partial charge is 0.247 e. The number of aromatic nitrogens is 2. The Hall–Kier alpha value is -4.96. The number of carbonyl (C=O) groups is 1. The van der Waals surface area contributed by atoms with Crippen molar-refractivity contribution in [3.05, 3.63) is 101 Å². The van der Waals surface area contributed by atoms with Crippen LogP contribution in [-0.2, 0) is 9.53 Å². The average molecular weight is 697 g/mol. The molecule has 0 unspecified atom stereocenters. The summed E-state index contributed by atoms with van der Waals surface area (Å²) in [5.41, 5.74) is 3.93. The van der Waals surface area contributed by atoms with Gasteiger partial charge in [-0.1, -0.05) is 45.4 Å². The Morgan fingerprint density at radius 1 is 1.20 bits per heavy atom. The lowest BCUT2D eigenvalue weighted by molar-refractivity contribution is -0.484. The second-order valence-corrected chi connectivity index (χ2v) is 12.7. The minimum atomic E-state index is 0.0249. The Balaban J connectivity index is 0.00000109.